The van der Waals surface area contributed by atoms with Crippen molar-refractivity contribution in [2.24, 2.45) is 5.41 Å². The molecule has 6 nitrogen and oxygen atoms in total. The Morgan fingerprint density at radius 3 is 2.30 bits per heavy atom. The van der Waals surface area contributed by atoms with Crippen molar-refractivity contribution in [1.82, 2.24) is 5.32 Å². The van der Waals surface area contributed by atoms with Gasteiger partial charge < -0.3 is 15.7 Å². The van der Waals surface area contributed by atoms with Gasteiger partial charge in [-0.15, -0.1) is 0 Å². The molecule has 0 aromatic heterocycles. The summed E-state index contributed by atoms with van der Waals surface area (Å²) in [5.41, 5.74) is -0.00773. The third kappa shape index (κ3) is 4.38. The smallest absolute Gasteiger partial charge is 0.322 e. The minimum Gasteiger partial charge on any atom is -0.480 e. The normalized spacial score (nSPS) is 10.8. The number of benzene rings is 1. The van der Waals surface area contributed by atoms with E-state index in [4.69, 9.17) is 5.11 Å². The Morgan fingerprint density at radius 1 is 1.15 bits per heavy atom. The Balaban J connectivity index is 2.91. The quantitative estimate of drug-likeness (QED) is 0.777. The van der Waals surface area contributed by atoms with Crippen molar-refractivity contribution < 1.29 is 19.5 Å². The second-order valence-electron chi connectivity index (χ2n) is 5.33. The van der Waals surface area contributed by atoms with E-state index in [9.17, 15) is 14.4 Å². The van der Waals surface area contributed by atoms with E-state index in [0.717, 1.165) is 0 Å². The summed E-state index contributed by atoms with van der Waals surface area (Å²) in [7, 11) is 0. The van der Waals surface area contributed by atoms with Gasteiger partial charge in [-0.25, -0.2) is 0 Å². The lowest BCUT2D eigenvalue weighted by Gasteiger charge is -2.19. The van der Waals surface area contributed by atoms with Crippen molar-refractivity contribution in [2.45, 2.75) is 20.8 Å². The van der Waals surface area contributed by atoms with Crippen molar-refractivity contribution >= 4 is 23.5 Å². The van der Waals surface area contributed by atoms with Gasteiger partial charge in [-0.05, 0) is 12.1 Å². The van der Waals surface area contributed by atoms with Gasteiger partial charge in [0.2, 0.25) is 5.91 Å². The number of aliphatic carboxylic acids is 1. The van der Waals surface area contributed by atoms with Crippen LogP contribution in [0.2, 0.25) is 0 Å². The Labute approximate surface area is 117 Å². The maximum atomic E-state index is 11.9. The van der Waals surface area contributed by atoms with Crippen molar-refractivity contribution in [3.63, 3.8) is 0 Å². The van der Waals surface area contributed by atoms with Gasteiger partial charge in [0.1, 0.15) is 6.54 Å². The summed E-state index contributed by atoms with van der Waals surface area (Å²) >= 11 is 0. The van der Waals surface area contributed by atoms with Crippen LogP contribution in [0.4, 0.5) is 5.69 Å². The van der Waals surface area contributed by atoms with Crippen LogP contribution in [0, 0.1) is 5.41 Å². The first-order valence-electron chi connectivity index (χ1n) is 6.12. The average Bonchev–Trinajstić information content (AvgIpc) is 2.35. The number of rotatable bonds is 4. The minimum atomic E-state index is -1.13. The standard InChI is InChI=1S/C14H18N2O4/c1-14(2,3)13(20)16-10-7-5-4-6-9(10)12(19)15-8-11(17)18/h4-7H,8H2,1-3H3,(H,15,19)(H,16,20)(H,17,18). The van der Waals surface area contributed by atoms with E-state index in [0.29, 0.717) is 5.69 Å². The lowest BCUT2D eigenvalue weighted by Crippen LogP contribution is -2.32. The number of hydrogen-bond donors (Lipinski definition) is 3. The number of anilines is 1. The number of para-hydroxylation sites is 1. The lowest BCUT2D eigenvalue weighted by molar-refractivity contribution is -0.135. The molecular formula is C14H18N2O4. The second-order valence-corrected chi connectivity index (χ2v) is 5.33. The molecule has 3 N–H and O–H groups in total. The maximum absolute atomic E-state index is 11.9. The van der Waals surface area contributed by atoms with Crippen LogP contribution in [-0.2, 0) is 9.59 Å². The molecule has 20 heavy (non-hydrogen) atoms. The van der Waals surface area contributed by atoms with Crippen LogP contribution in [0.3, 0.4) is 0 Å². The fourth-order valence-corrected chi connectivity index (χ4v) is 1.35. The van der Waals surface area contributed by atoms with Gasteiger partial charge >= 0.3 is 5.97 Å². The molecule has 108 valence electrons. The maximum Gasteiger partial charge on any atom is 0.322 e. The molecule has 0 unspecified atom stereocenters. The molecule has 0 radical (unpaired) electrons. The number of carboxylic acid groups (broad SMARTS) is 1. The molecule has 2 amide bonds. The minimum absolute atomic E-state index is 0.226. The summed E-state index contributed by atoms with van der Waals surface area (Å²) in [5.74, 6) is -1.90. The fourth-order valence-electron chi connectivity index (χ4n) is 1.35. The predicted octanol–water partition coefficient (Wildman–Crippen LogP) is 1.49. The van der Waals surface area contributed by atoms with Crippen LogP contribution in [0.5, 0.6) is 0 Å². The Morgan fingerprint density at radius 2 is 1.75 bits per heavy atom. The number of nitrogens with one attached hydrogen (secondary N) is 2. The number of carbonyl (C=O) groups excluding carboxylic acids is 2. The molecule has 1 rings (SSSR count). The lowest BCUT2D eigenvalue weighted by atomic mass is 9.95. The summed E-state index contributed by atoms with van der Waals surface area (Å²) in [6, 6.07) is 6.45. The molecule has 0 aliphatic carbocycles. The SMILES string of the molecule is CC(C)(C)C(=O)Nc1ccccc1C(=O)NCC(=O)O. The van der Waals surface area contributed by atoms with E-state index < -0.39 is 23.8 Å². The molecule has 0 saturated heterocycles. The van der Waals surface area contributed by atoms with Crippen molar-refractivity contribution in [2.75, 3.05) is 11.9 Å². The molecule has 0 heterocycles. The Kier molecular flexibility index (Phi) is 4.85. The zero-order valence-corrected chi connectivity index (χ0v) is 11.7. The van der Waals surface area contributed by atoms with E-state index >= 15 is 0 Å². The fraction of sp³-hybridized carbons (Fsp3) is 0.357. The first-order valence-corrected chi connectivity index (χ1v) is 6.12. The molecule has 1 aromatic carbocycles. The molecule has 0 fully saturated rings. The predicted molar refractivity (Wildman–Crippen MR) is 74.5 cm³/mol. The highest BCUT2D eigenvalue weighted by Gasteiger charge is 2.23. The summed E-state index contributed by atoms with van der Waals surface area (Å²) in [6.45, 7) is 4.81. The van der Waals surface area contributed by atoms with Crippen molar-refractivity contribution in [3.05, 3.63) is 29.8 Å². The van der Waals surface area contributed by atoms with Gasteiger partial charge in [0.15, 0.2) is 0 Å². The molecule has 0 atom stereocenters. The highest BCUT2D eigenvalue weighted by molar-refractivity contribution is 6.05. The number of carboxylic acids is 1. The van der Waals surface area contributed by atoms with Crippen LogP contribution in [0.15, 0.2) is 24.3 Å². The number of amides is 2. The molecule has 0 saturated carbocycles. The molecule has 1 aromatic rings. The van der Waals surface area contributed by atoms with Crippen LogP contribution in [-0.4, -0.2) is 29.4 Å². The largest absolute Gasteiger partial charge is 0.480 e. The molecule has 0 aliphatic rings. The van der Waals surface area contributed by atoms with Crippen LogP contribution in [0.25, 0.3) is 0 Å². The van der Waals surface area contributed by atoms with Crippen molar-refractivity contribution in [3.8, 4) is 0 Å². The third-order valence-electron chi connectivity index (χ3n) is 2.50. The van der Waals surface area contributed by atoms with E-state index in [1.807, 2.05) is 0 Å². The first-order chi connectivity index (χ1) is 9.21. The first kappa shape index (κ1) is 15.7. The van der Waals surface area contributed by atoms with E-state index in [2.05, 4.69) is 10.6 Å². The monoisotopic (exact) mass is 278 g/mol. The summed E-state index contributed by atoms with van der Waals surface area (Å²) in [6.07, 6.45) is 0. The van der Waals surface area contributed by atoms with Crippen LogP contribution >= 0.6 is 0 Å². The Bertz CT molecular complexity index is 532. The highest BCUT2D eigenvalue weighted by Crippen LogP contribution is 2.20. The summed E-state index contributed by atoms with van der Waals surface area (Å²) in [4.78, 5) is 34.3. The zero-order valence-electron chi connectivity index (χ0n) is 11.7. The van der Waals surface area contributed by atoms with Gasteiger partial charge in [0, 0.05) is 5.41 Å². The summed E-state index contributed by atoms with van der Waals surface area (Å²) in [5, 5.41) is 13.5. The molecule has 0 spiro atoms. The second kappa shape index (κ2) is 6.18. The van der Waals surface area contributed by atoms with Gasteiger partial charge in [0.25, 0.3) is 5.91 Å². The van der Waals surface area contributed by atoms with Gasteiger partial charge in [-0.3, -0.25) is 14.4 Å². The van der Waals surface area contributed by atoms with Crippen LogP contribution in [0.1, 0.15) is 31.1 Å². The van der Waals surface area contributed by atoms with Crippen LogP contribution < -0.4 is 10.6 Å². The van der Waals surface area contributed by atoms with Gasteiger partial charge in [-0.1, -0.05) is 32.9 Å². The Hall–Kier alpha value is -2.37. The topological polar surface area (TPSA) is 95.5 Å². The van der Waals surface area contributed by atoms with E-state index in [-0.39, 0.29) is 11.5 Å². The molecule has 0 aliphatic heterocycles. The average molecular weight is 278 g/mol. The van der Waals surface area contributed by atoms with Gasteiger partial charge in [-0.2, -0.15) is 0 Å². The van der Waals surface area contributed by atoms with Crippen molar-refractivity contribution in [1.29, 1.82) is 0 Å². The van der Waals surface area contributed by atoms with E-state index in [1.54, 1.807) is 39.0 Å². The highest BCUT2D eigenvalue weighted by atomic mass is 16.4. The zero-order chi connectivity index (χ0) is 15.3. The number of hydrogen-bond acceptors (Lipinski definition) is 3. The molecule has 6 heteroatoms. The van der Waals surface area contributed by atoms with E-state index in [1.165, 1.54) is 6.07 Å². The molecular weight excluding hydrogens is 260 g/mol. The summed E-state index contributed by atoms with van der Waals surface area (Å²) < 4.78 is 0. The third-order valence-corrected chi connectivity index (χ3v) is 2.50. The molecule has 0 bridgehead atoms. The van der Waals surface area contributed by atoms with Gasteiger partial charge in [0.05, 0.1) is 11.3 Å². The number of carbonyl (C=O) groups is 3.